The Morgan fingerprint density at radius 1 is 0.514 bits per heavy atom. The quantitative estimate of drug-likeness (QED) is 0.0252. The van der Waals surface area contributed by atoms with Crippen LogP contribution in [0.25, 0.3) is 34.4 Å². The van der Waals surface area contributed by atoms with E-state index in [1.807, 2.05) is 72.8 Å². The van der Waals surface area contributed by atoms with Crippen LogP contribution in [-0.2, 0) is 75.4 Å². The van der Waals surface area contributed by atoms with Crippen LogP contribution < -0.4 is 29.9 Å². The van der Waals surface area contributed by atoms with E-state index in [4.69, 9.17) is 23.5 Å². The van der Waals surface area contributed by atoms with Gasteiger partial charge in [0.25, 0.3) is 21.9 Å². The molecule has 0 aliphatic carbocycles. The van der Waals surface area contributed by atoms with Gasteiger partial charge in [-0.1, -0.05) is 105 Å². The lowest BCUT2D eigenvalue weighted by atomic mass is 9.96. The third-order valence-corrected chi connectivity index (χ3v) is 20.1. The summed E-state index contributed by atoms with van der Waals surface area (Å²) >= 11 is 0. The number of hydrogen-bond acceptors (Lipinski definition) is 14. The number of imidazole rings is 2. The summed E-state index contributed by atoms with van der Waals surface area (Å²) < 4.78 is 79.2. The Labute approximate surface area is 627 Å². The second-order valence-corrected chi connectivity index (χ2v) is 31.6. The van der Waals surface area contributed by atoms with Crippen LogP contribution in [0.5, 0.6) is 11.5 Å². The molecule has 8 aromatic rings. The standard InChI is InChI=1S/2C41H52N4O4S.CH4O3S/c2*1-5-7-22-48-23-24-49-38-15-10-32(11-16-38)33-12-19-40-35(25-33)26-34(9-8-21-44(40)28-31(3)4)41(46)43-36-13-17-39(18-14-36)50(47)29-37-27-42-30-45(37)20-6-2;1-5(2,3)4/h2*10-19,25-27,30-31H,5-9,20-24,28-29H2,1-4H3,(H,43,46);1H3,(H,2,3,4)/b2*34-26+;. The van der Waals surface area contributed by atoms with Crippen LogP contribution in [0, 0.1) is 11.8 Å². The normalized spacial score (nSPS) is 14.6. The van der Waals surface area contributed by atoms with Crippen LogP contribution in [0.2, 0.25) is 0 Å². The van der Waals surface area contributed by atoms with E-state index in [-0.39, 0.29) is 11.8 Å². The summed E-state index contributed by atoms with van der Waals surface area (Å²) in [4.78, 5) is 42.2. The molecular formula is C83H108N8O11S3. The fourth-order valence-corrected chi connectivity index (χ4v) is 14.5. The van der Waals surface area contributed by atoms with E-state index in [1.165, 1.54) is 0 Å². The Morgan fingerprint density at radius 3 is 1.24 bits per heavy atom. The number of carbonyl (C=O) groups excluding carboxylic acids is 2. The van der Waals surface area contributed by atoms with Crippen LogP contribution in [-0.4, -0.2) is 124 Å². The first kappa shape index (κ1) is 82.1. The van der Waals surface area contributed by atoms with Crippen molar-refractivity contribution >= 4 is 78.4 Å². The summed E-state index contributed by atoms with van der Waals surface area (Å²) in [7, 11) is -6.09. The molecule has 0 bridgehead atoms. The predicted octanol–water partition coefficient (Wildman–Crippen LogP) is 17.0. The SMILES string of the molecule is CCCCOCCOc1ccc(-c2ccc3c(c2)/C=C(/C(=O)Nc2ccc(S(=O)Cc4cncn4CCC)cc2)CCCN3CC(C)C)cc1.CCCCOCCOc1ccc(-c2ccc3c(c2)/C=C(/C(=O)Nc2ccc(S(=O)Cc4cncn4CCC)cc2)CCCN3CC(C)C)cc1.CS(=O)(=O)O. The largest absolute Gasteiger partial charge is 0.491 e. The highest BCUT2D eigenvalue weighted by Gasteiger charge is 2.23. The van der Waals surface area contributed by atoms with Crippen LogP contribution in [0.1, 0.15) is 142 Å². The maximum atomic E-state index is 13.7. The van der Waals surface area contributed by atoms with Crippen molar-refractivity contribution in [3.05, 3.63) is 192 Å². The molecule has 3 N–H and O–H groups in total. The van der Waals surface area contributed by atoms with Gasteiger partial charge in [0.15, 0.2) is 0 Å². The van der Waals surface area contributed by atoms with Gasteiger partial charge in [-0.15, -0.1) is 0 Å². The van der Waals surface area contributed by atoms with Gasteiger partial charge >= 0.3 is 0 Å². The lowest BCUT2D eigenvalue weighted by Gasteiger charge is -2.30. The van der Waals surface area contributed by atoms with Crippen molar-refractivity contribution in [3.8, 4) is 33.8 Å². The number of aromatic nitrogens is 4. The first-order valence-electron chi connectivity index (χ1n) is 37.0. The van der Waals surface area contributed by atoms with Crippen LogP contribution in [0.4, 0.5) is 22.7 Å². The highest BCUT2D eigenvalue weighted by molar-refractivity contribution is 7.85. The second-order valence-electron chi connectivity index (χ2n) is 27.3. The van der Waals surface area contributed by atoms with E-state index in [0.29, 0.717) is 80.2 Å². The molecule has 564 valence electrons. The van der Waals surface area contributed by atoms with E-state index in [2.05, 4.69) is 168 Å². The number of fused-ring (bicyclic) bond motifs is 2. The molecule has 4 heterocycles. The smallest absolute Gasteiger partial charge is 0.261 e. The number of nitrogens with zero attached hydrogens (tertiary/aromatic N) is 6. The van der Waals surface area contributed by atoms with Gasteiger partial charge in [-0.25, -0.2) is 9.97 Å². The van der Waals surface area contributed by atoms with Crippen LogP contribution in [0.3, 0.4) is 0 Å². The Bertz CT molecular complexity index is 3980. The summed E-state index contributed by atoms with van der Waals surface area (Å²) in [5.41, 5.74) is 13.5. The average Bonchev–Trinajstić information content (AvgIpc) is 1.51. The highest BCUT2D eigenvalue weighted by atomic mass is 32.2. The number of rotatable bonds is 34. The lowest BCUT2D eigenvalue weighted by molar-refractivity contribution is -0.113. The number of anilines is 4. The van der Waals surface area contributed by atoms with E-state index >= 15 is 0 Å². The molecule has 105 heavy (non-hydrogen) atoms. The zero-order valence-corrected chi connectivity index (χ0v) is 65.2. The average molecular weight is 1490 g/mol. The number of unbranched alkanes of at least 4 members (excludes halogenated alkanes) is 2. The lowest BCUT2D eigenvalue weighted by Crippen LogP contribution is -2.30. The van der Waals surface area contributed by atoms with E-state index in [9.17, 15) is 26.4 Å². The monoisotopic (exact) mass is 1490 g/mol. The Balaban J connectivity index is 0.000000249. The van der Waals surface area contributed by atoms with Gasteiger partial charge in [-0.2, -0.15) is 8.42 Å². The number of benzene rings is 6. The molecule has 0 radical (unpaired) electrons. The fraction of sp³-hybridized carbons (Fsp3) is 0.422. The Hall–Kier alpha value is -8.51. The topological polar surface area (TPSA) is 226 Å². The first-order chi connectivity index (χ1) is 50.7. The van der Waals surface area contributed by atoms with Crippen molar-refractivity contribution in [2.75, 3.05) is 92.5 Å². The Morgan fingerprint density at radius 2 is 0.886 bits per heavy atom. The molecule has 2 unspecified atom stereocenters. The number of nitrogens with one attached hydrogen (secondary N) is 2. The third kappa shape index (κ3) is 27.1. The van der Waals surface area contributed by atoms with Crippen molar-refractivity contribution in [3.63, 3.8) is 0 Å². The number of ether oxygens (including phenoxy) is 4. The van der Waals surface area contributed by atoms with Crippen molar-refractivity contribution < 1.29 is 49.9 Å². The predicted molar refractivity (Wildman–Crippen MR) is 428 cm³/mol. The summed E-state index contributed by atoms with van der Waals surface area (Å²) in [6, 6.07) is 44.1. The van der Waals surface area contributed by atoms with Crippen molar-refractivity contribution in [2.45, 2.75) is 154 Å². The summed E-state index contributed by atoms with van der Waals surface area (Å²) in [6.07, 6.45) is 21.4. The highest BCUT2D eigenvalue weighted by Crippen LogP contribution is 2.36. The van der Waals surface area contributed by atoms with Crippen molar-refractivity contribution in [1.29, 1.82) is 0 Å². The van der Waals surface area contributed by atoms with Crippen LogP contribution in [0.15, 0.2) is 179 Å². The third-order valence-electron chi connectivity index (χ3n) is 17.4. The Kier molecular flexibility index (Phi) is 33.3. The van der Waals surface area contributed by atoms with Crippen molar-refractivity contribution in [2.24, 2.45) is 11.8 Å². The first-order valence-corrected chi connectivity index (χ1v) is 41.5. The molecule has 0 saturated heterocycles. The minimum atomic E-state index is -3.67. The van der Waals surface area contributed by atoms with Crippen LogP contribution >= 0.6 is 0 Å². The summed E-state index contributed by atoms with van der Waals surface area (Å²) in [5, 5.41) is 6.20. The van der Waals surface area contributed by atoms with Gasteiger partial charge < -0.3 is 48.5 Å². The molecule has 0 saturated carbocycles. The fourth-order valence-electron chi connectivity index (χ4n) is 12.3. The molecule has 19 nitrogen and oxygen atoms in total. The van der Waals surface area contributed by atoms with Gasteiger partial charge in [-0.3, -0.25) is 22.6 Å². The van der Waals surface area contributed by atoms with E-state index in [1.54, 1.807) is 25.0 Å². The molecular weight excluding hydrogens is 1380 g/mol. The van der Waals surface area contributed by atoms with Gasteiger partial charge in [0.2, 0.25) is 0 Å². The number of hydrogen-bond donors (Lipinski definition) is 3. The minimum absolute atomic E-state index is 0.115. The number of aryl methyl sites for hydroxylation is 2. The maximum absolute atomic E-state index is 13.7. The molecule has 0 fully saturated rings. The molecule has 22 heteroatoms. The maximum Gasteiger partial charge on any atom is 0.261 e. The van der Waals surface area contributed by atoms with E-state index < -0.39 is 31.7 Å². The zero-order valence-electron chi connectivity index (χ0n) is 62.7. The summed E-state index contributed by atoms with van der Waals surface area (Å²) in [6.45, 7) is 26.6. The van der Waals surface area contributed by atoms with Gasteiger partial charge in [0.05, 0.1) is 76.6 Å². The molecule has 2 amide bonds. The zero-order chi connectivity index (χ0) is 75.1. The second kappa shape index (κ2) is 42.6. The summed E-state index contributed by atoms with van der Waals surface area (Å²) in [5.74, 6) is 3.23. The molecule has 6 aromatic carbocycles. The molecule has 0 spiro atoms. The number of amides is 2. The molecule has 2 aliphatic rings. The number of carbonyl (C=O) groups is 2. The van der Waals surface area contributed by atoms with Crippen molar-refractivity contribution in [1.82, 2.24) is 19.1 Å². The van der Waals surface area contributed by atoms with Gasteiger partial charge in [0.1, 0.15) is 24.7 Å². The molecule has 2 aromatic heterocycles. The van der Waals surface area contributed by atoms with E-state index in [0.717, 1.165) is 192 Å². The molecule has 2 aliphatic heterocycles. The molecule has 10 rings (SSSR count). The van der Waals surface area contributed by atoms with Gasteiger partial charge in [-0.05, 0) is 206 Å². The minimum Gasteiger partial charge on any atom is -0.491 e. The van der Waals surface area contributed by atoms with Gasteiger partial charge in [0, 0.05) is 109 Å². The molecule has 2 atom stereocenters.